The van der Waals surface area contributed by atoms with Crippen molar-refractivity contribution in [3.05, 3.63) is 114 Å². The van der Waals surface area contributed by atoms with Gasteiger partial charge in [-0.05, 0) is 60.2 Å². The number of benzene rings is 3. The first-order chi connectivity index (χ1) is 17.7. The average molecular weight is 522 g/mol. The molecule has 0 saturated heterocycles. The molecule has 0 spiro atoms. The van der Waals surface area contributed by atoms with E-state index < -0.39 is 21.7 Å². The van der Waals surface area contributed by atoms with Crippen LogP contribution in [0.15, 0.2) is 101 Å². The monoisotopic (exact) mass is 521 g/mol. The summed E-state index contributed by atoms with van der Waals surface area (Å²) < 4.78 is 48.6. The number of rotatable bonds is 9. The van der Waals surface area contributed by atoms with Crippen LogP contribution in [0.2, 0.25) is 0 Å². The van der Waals surface area contributed by atoms with Crippen molar-refractivity contribution >= 4 is 33.2 Å². The highest BCUT2D eigenvalue weighted by atomic mass is 32.2. The minimum atomic E-state index is -3.99. The molecule has 0 aliphatic carbocycles. The van der Waals surface area contributed by atoms with Gasteiger partial charge in [-0.3, -0.25) is 14.3 Å². The lowest BCUT2D eigenvalue weighted by atomic mass is 10.1. The maximum Gasteiger partial charge on any atom is 0.261 e. The number of hydrogen-bond acceptors (Lipinski definition) is 5. The van der Waals surface area contributed by atoms with Crippen molar-refractivity contribution in [1.29, 1.82) is 0 Å². The third-order valence-corrected chi connectivity index (χ3v) is 6.81. The lowest BCUT2D eigenvalue weighted by Crippen LogP contribution is -2.31. The summed E-state index contributed by atoms with van der Waals surface area (Å²) >= 11 is 0. The van der Waals surface area contributed by atoms with Crippen molar-refractivity contribution in [2.45, 2.75) is 24.9 Å². The Bertz CT molecular complexity index is 1500. The first-order valence-electron chi connectivity index (χ1n) is 11.3. The van der Waals surface area contributed by atoms with Crippen LogP contribution in [0.1, 0.15) is 28.6 Å². The van der Waals surface area contributed by atoms with Gasteiger partial charge in [-0.1, -0.05) is 30.3 Å². The summed E-state index contributed by atoms with van der Waals surface area (Å²) in [6.45, 7) is 1.38. The SMILES string of the molecule is CC(=O)Nc1ccc(S(=O)(=O)Nc2ccccc2CN(Cc2ccco2)C(=O)c2ccccc2F)cc1. The zero-order valence-corrected chi connectivity index (χ0v) is 20.7. The number of nitrogens with one attached hydrogen (secondary N) is 2. The second kappa shape index (κ2) is 11.1. The number of amides is 2. The largest absolute Gasteiger partial charge is 0.467 e. The Morgan fingerprint density at radius 1 is 0.892 bits per heavy atom. The molecule has 1 aromatic heterocycles. The molecule has 1 heterocycles. The molecule has 0 fully saturated rings. The van der Waals surface area contributed by atoms with Crippen molar-refractivity contribution in [3.63, 3.8) is 0 Å². The quantitative estimate of drug-likeness (QED) is 0.322. The molecule has 0 aliphatic heterocycles. The molecule has 0 aliphatic rings. The fourth-order valence-electron chi connectivity index (χ4n) is 3.68. The zero-order valence-electron chi connectivity index (χ0n) is 19.8. The number of para-hydroxylation sites is 1. The van der Waals surface area contributed by atoms with E-state index in [1.807, 2.05) is 0 Å². The normalized spacial score (nSPS) is 11.1. The molecule has 0 atom stereocenters. The molecule has 0 unspecified atom stereocenters. The van der Waals surface area contributed by atoms with Crippen LogP contribution in [0.5, 0.6) is 0 Å². The topological polar surface area (TPSA) is 109 Å². The van der Waals surface area contributed by atoms with E-state index in [-0.39, 0.29) is 35.1 Å². The Morgan fingerprint density at radius 3 is 2.27 bits per heavy atom. The Labute approximate surface area is 213 Å². The standard InChI is InChI=1S/C27H24FN3O5S/c1-19(32)29-21-12-14-23(15-13-21)37(34,35)30-26-11-5-2-7-20(26)17-31(18-22-8-6-16-36-22)27(33)24-9-3-4-10-25(24)28/h2-16,30H,17-18H2,1H3,(H,29,32). The second-order valence-corrected chi connectivity index (χ2v) is 9.87. The van der Waals surface area contributed by atoms with Gasteiger partial charge in [-0.15, -0.1) is 0 Å². The second-order valence-electron chi connectivity index (χ2n) is 8.19. The van der Waals surface area contributed by atoms with Crippen LogP contribution in [-0.4, -0.2) is 25.1 Å². The van der Waals surface area contributed by atoms with Crippen molar-refractivity contribution in [3.8, 4) is 0 Å². The van der Waals surface area contributed by atoms with E-state index in [1.54, 1.807) is 42.5 Å². The van der Waals surface area contributed by atoms with Crippen LogP contribution in [0.4, 0.5) is 15.8 Å². The highest BCUT2D eigenvalue weighted by Crippen LogP contribution is 2.24. The first kappa shape index (κ1) is 25.6. The molecular formula is C27H24FN3O5S. The van der Waals surface area contributed by atoms with Crippen molar-refractivity contribution in [1.82, 2.24) is 4.90 Å². The number of anilines is 2. The van der Waals surface area contributed by atoms with Gasteiger partial charge < -0.3 is 14.6 Å². The lowest BCUT2D eigenvalue weighted by Gasteiger charge is -2.24. The van der Waals surface area contributed by atoms with Gasteiger partial charge in [0.25, 0.3) is 15.9 Å². The predicted molar refractivity (Wildman–Crippen MR) is 137 cm³/mol. The zero-order chi connectivity index (χ0) is 26.4. The van der Waals surface area contributed by atoms with Crippen LogP contribution >= 0.6 is 0 Å². The van der Waals surface area contributed by atoms with Gasteiger partial charge in [0.05, 0.1) is 29.0 Å². The number of carbonyl (C=O) groups excluding carboxylic acids is 2. The van der Waals surface area contributed by atoms with Gasteiger partial charge in [-0.25, -0.2) is 12.8 Å². The Hall–Kier alpha value is -4.44. The summed E-state index contributed by atoms with van der Waals surface area (Å²) in [6, 6.07) is 21.4. The number of carbonyl (C=O) groups is 2. The fraction of sp³-hybridized carbons (Fsp3) is 0.111. The number of nitrogens with zero attached hydrogens (tertiary/aromatic N) is 1. The Kier molecular flexibility index (Phi) is 7.69. The van der Waals surface area contributed by atoms with Gasteiger partial charge in [0.1, 0.15) is 11.6 Å². The minimum absolute atomic E-state index is 0.00807. The van der Waals surface area contributed by atoms with Crippen LogP contribution in [0.3, 0.4) is 0 Å². The first-order valence-corrected chi connectivity index (χ1v) is 12.8. The Balaban J connectivity index is 1.61. The van der Waals surface area contributed by atoms with Crippen LogP contribution in [0.25, 0.3) is 0 Å². The molecular weight excluding hydrogens is 497 g/mol. The van der Waals surface area contributed by atoms with E-state index in [2.05, 4.69) is 10.0 Å². The third kappa shape index (κ3) is 6.42. The van der Waals surface area contributed by atoms with Crippen LogP contribution in [-0.2, 0) is 27.9 Å². The van der Waals surface area contributed by atoms with Crippen molar-refractivity contribution < 1.29 is 26.8 Å². The molecule has 190 valence electrons. The van der Waals surface area contributed by atoms with Gasteiger partial charge in [0.2, 0.25) is 5.91 Å². The van der Waals surface area contributed by atoms with Gasteiger partial charge in [0.15, 0.2) is 0 Å². The molecule has 0 radical (unpaired) electrons. The van der Waals surface area contributed by atoms with Crippen molar-refractivity contribution in [2.75, 3.05) is 10.0 Å². The maximum absolute atomic E-state index is 14.4. The van der Waals surface area contributed by atoms with Gasteiger partial charge in [0, 0.05) is 19.2 Å². The smallest absolute Gasteiger partial charge is 0.261 e. The third-order valence-electron chi connectivity index (χ3n) is 5.43. The molecule has 4 rings (SSSR count). The number of sulfonamides is 1. The average Bonchev–Trinajstić information content (AvgIpc) is 3.38. The number of furan rings is 1. The van der Waals surface area contributed by atoms with Gasteiger partial charge in [-0.2, -0.15) is 0 Å². The summed E-state index contributed by atoms with van der Waals surface area (Å²) in [6.07, 6.45) is 1.47. The summed E-state index contributed by atoms with van der Waals surface area (Å²) in [4.78, 5) is 25.9. The summed E-state index contributed by atoms with van der Waals surface area (Å²) in [7, 11) is -3.99. The molecule has 2 N–H and O–H groups in total. The molecule has 3 aromatic carbocycles. The lowest BCUT2D eigenvalue weighted by molar-refractivity contribution is -0.114. The number of halogens is 1. The van der Waals surface area contributed by atoms with Crippen LogP contribution in [0, 0.1) is 5.82 Å². The summed E-state index contributed by atoms with van der Waals surface area (Å²) in [5.74, 6) is -1.01. The molecule has 37 heavy (non-hydrogen) atoms. The molecule has 2 amide bonds. The Morgan fingerprint density at radius 2 is 1.59 bits per heavy atom. The van der Waals surface area contributed by atoms with E-state index in [0.717, 1.165) is 0 Å². The van der Waals surface area contributed by atoms with E-state index in [4.69, 9.17) is 4.42 Å². The van der Waals surface area contributed by atoms with E-state index in [9.17, 15) is 22.4 Å². The van der Waals surface area contributed by atoms with Crippen LogP contribution < -0.4 is 10.0 Å². The molecule has 4 aromatic rings. The van der Waals surface area contributed by atoms with Gasteiger partial charge >= 0.3 is 0 Å². The minimum Gasteiger partial charge on any atom is -0.467 e. The molecule has 0 bridgehead atoms. The van der Waals surface area contributed by atoms with E-state index in [1.165, 1.54) is 60.6 Å². The summed E-state index contributed by atoms with van der Waals surface area (Å²) in [5, 5.41) is 2.58. The maximum atomic E-state index is 14.4. The summed E-state index contributed by atoms with van der Waals surface area (Å²) in [5.41, 5.74) is 1.12. The number of hydrogen-bond donors (Lipinski definition) is 2. The predicted octanol–water partition coefficient (Wildman–Crippen LogP) is 5.02. The fourth-order valence-corrected chi connectivity index (χ4v) is 4.78. The van der Waals surface area contributed by atoms with E-state index >= 15 is 0 Å². The molecule has 10 heteroatoms. The van der Waals surface area contributed by atoms with Crippen molar-refractivity contribution in [2.24, 2.45) is 0 Å². The highest BCUT2D eigenvalue weighted by Gasteiger charge is 2.23. The molecule has 8 nitrogen and oxygen atoms in total. The molecule has 0 saturated carbocycles. The highest BCUT2D eigenvalue weighted by molar-refractivity contribution is 7.92. The van der Waals surface area contributed by atoms with E-state index in [0.29, 0.717) is 17.0 Å².